The lowest BCUT2D eigenvalue weighted by molar-refractivity contribution is -0.122. The second-order valence-corrected chi connectivity index (χ2v) is 5.31. The Kier molecular flexibility index (Phi) is 10.2. The van der Waals surface area contributed by atoms with Crippen molar-refractivity contribution in [2.45, 2.75) is 57.6 Å². The molecule has 3 N–H and O–H groups in total. The first-order valence-electron chi connectivity index (χ1n) is 7.34. The summed E-state index contributed by atoms with van der Waals surface area (Å²) < 4.78 is 10.9. The van der Waals surface area contributed by atoms with Crippen molar-refractivity contribution in [3.8, 4) is 0 Å². The van der Waals surface area contributed by atoms with Gasteiger partial charge in [-0.2, -0.15) is 0 Å². The van der Waals surface area contributed by atoms with Crippen LogP contribution in [0.25, 0.3) is 0 Å². The molecule has 0 aliphatic carbocycles. The number of hydrogen-bond acceptors (Lipinski definition) is 4. The maximum Gasteiger partial charge on any atom is 0.222 e. The van der Waals surface area contributed by atoms with Gasteiger partial charge >= 0.3 is 0 Å². The van der Waals surface area contributed by atoms with Crippen LogP contribution in [-0.4, -0.2) is 43.9 Å². The van der Waals surface area contributed by atoms with Gasteiger partial charge in [0.1, 0.15) is 0 Å². The van der Waals surface area contributed by atoms with Crippen LogP contribution in [0.5, 0.6) is 0 Å². The normalized spacial score (nSPS) is 18.6. The van der Waals surface area contributed by atoms with Crippen LogP contribution in [0.3, 0.4) is 0 Å². The maximum absolute atomic E-state index is 11.6. The largest absolute Gasteiger partial charge is 0.378 e. The second-order valence-electron chi connectivity index (χ2n) is 5.31. The van der Waals surface area contributed by atoms with Crippen LogP contribution in [0.4, 0.5) is 0 Å². The third-order valence-electron chi connectivity index (χ3n) is 3.85. The molecule has 0 aromatic rings. The van der Waals surface area contributed by atoms with Gasteiger partial charge in [0.05, 0.1) is 19.3 Å². The molecule has 0 aromatic carbocycles. The topological polar surface area (TPSA) is 73.6 Å². The van der Waals surface area contributed by atoms with Crippen LogP contribution in [0, 0.1) is 0 Å². The van der Waals surface area contributed by atoms with Crippen molar-refractivity contribution in [2.75, 3.05) is 26.4 Å². The zero-order valence-corrected chi connectivity index (χ0v) is 13.5. The van der Waals surface area contributed by atoms with E-state index in [0.717, 1.165) is 32.3 Å². The van der Waals surface area contributed by atoms with E-state index in [1.165, 1.54) is 0 Å². The molecule has 0 bridgehead atoms. The van der Waals surface area contributed by atoms with Crippen LogP contribution in [-0.2, 0) is 14.3 Å². The first kappa shape index (κ1) is 19.6. The van der Waals surface area contributed by atoms with Gasteiger partial charge < -0.3 is 20.5 Å². The molecule has 0 saturated carbocycles. The number of carbonyl (C=O) groups excluding carboxylic acids is 1. The van der Waals surface area contributed by atoms with Gasteiger partial charge in [-0.15, -0.1) is 12.4 Å². The van der Waals surface area contributed by atoms with Crippen LogP contribution >= 0.6 is 12.4 Å². The summed E-state index contributed by atoms with van der Waals surface area (Å²) >= 11 is 0. The first-order chi connectivity index (χ1) is 9.09. The highest BCUT2D eigenvalue weighted by atomic mass is 35.5. The molecule has 0 spiro atoms. The van der Waals surface area contributed by atoms with E-state index in [1.54, 1.807) is 0 Å². The van der Waals surface area contributed by atoms with E-state index < -0.39 is 0 Å². The zero-order chi connectivity index (χ0) is 14.1. The lowest BCUT2D eigenvalue weighted by atomic mass is 9.94. The molecule has 1 saturated heterocycles. The van der Waals surface area contributed by atoms with Crippen molar-refractivity contribution in [1.29, 1.82) is 0 Å². The van der Waals surface area contributed by atoms with Gasteiger partial charge in [-0.3, -0.25) is 4.79 Å². The van der Waals surface area contributed by atoms with E-state index >= 15 is 0 Å². The second kappa shape index (κ2) is 10.4. The van der Waals surface area contributed by atoms with Crippen LogP contribution in [0.1, 0.15) is 46.0 Å². The smallest absolute Gasteiger partial charge is 0.222 e. The molecule has 1 rings (SSSR count). The Hall–Kier alpha value is -0.360. The molecule has 120 valence electrons. The van der Waals surface area contributed by atoms with Crippen molar-refractivity contribution >= 4 is 18.3 Å². The Morgan fingerprint density at radius 2 is 2.15 bits per heavy atom. The van der Waals surface area contributed by atoms with Gasteiger partial charge in [0, 0.05) is 25.1 Å². The summed E-state index contributed by atoms with van der Waals surface area (Å²) in [6.07, 6.45) is 4.50. The van der Waals surface area contributed by atoms with Crippen molar-refractivity contribution in [1.82, 2.24) is 5.32 Å². The number of nitrogens with two attached hydrogens (primary N) is 1. The third-order valence-corrected chi connectivity index (χ3v) is 3.85. The number of rotatable bonds is 9. The fraction of sp³-hybridized carbons (Fsp3) is 0.929. The first-order valence-corrected chi connectivity index (χ1v) is 7.34. The predicted molar refractivity (Wildman–Crippen MR) is 82.2 cm³/mol. The quantitative estimate of drug-likeness (QED) is 0.635. The molecule has 1 fully saturated rings. The minimum atomic E-state index is -0.284. The molecule has 1 aliphatic heterocycles. The molecular formula is C14H29ClN2O3. The lowest BCUT2D eigenvalue weighted by Crippen LogP contribution is -2.49. The number of halogens is 1. The Morgan fingerprint density at radius 3 is 2.70 bits per heavy atom. The summed E-state index contributed by atoms with van der Waals surface area (Å²) in [6, 6.07) is 0. The highest BCUT2D eigenvalue weighted by molar-refractivity contribution is 5.85. The Labute approximate surface area is 128 Å². The number of ether oxygens (including phenoxy) is 2. The van der Waals surface area contributed by atoms with Crippen LogP contribution in [0.2, 0.25) is 0 Å². The molecular weight excluding hydrogens is 280 g/mol. The number of hydrogen-bond donors (Lipinski definition) is 2. The molecule has 6 heteroatoms. The number of amides is 1. The number of nitrogens with one attached hydrogen (secondary N) is 1. The molecule has 1 heterocycles. The lowest BCUT2D eigenvalue weighted by Gasteiger charge is -2.26. The third kappa shape index (κ3) is 7.43. The predicted octanol–water partition coefficient (Wildman–Crippen LogP) is 1.63. The average Bonchev–Trinajstić information content (AvgIpc) is 2.94. The highest BCUT2D eigenvalue weighted by Crippen LogP contribution is 2.12. The van der Waals surface area contributed by atoms with Crippen molar-refractivity contribution in [3.05, 3.63) is 0 Å². The summed E-state index contributed by atoms with van der Waals surface area (Å²) in [6.45, 7) is 6.49. The number of carbonyl (C=O) groups is 1. The van der Waals surface area contributed by atoms with Gasteiger partial charge in [-0.1, -0.05) is 13.8 Å². The van der Waals surface area contributed by atoms with Gasteiger partial charge in [-0.25, -0.2) is 0 Å². The zero-order valence-electron chi connectivity index (χ0n) is 12.7. The maximum atomic E-state index is 11.6. The van der Waals surface area contributed by atoms with Gasteiger partial charge in [0.15, 0.2) is 0 Å². The van der Waals surface area contributed by atoms with E-state index in [-0.39, 0.29) is 30.0 Å². The van der Waals surface area contributed by atoms with Crippen LogP contribution < -0.4 is 11.1 Å². The molecule has 5 nitrogen and oxygen atoms in total. The molecule has 1 unspecified atom stereocenters. The van der Waals surface area contributed by atoms with Crippen molar-refractivity contribution in [2.24, 2.45) is 5.73 Å². The summed E-state index contributed by atoms with van der Waals surface area (Å²) in [7, 11) is 0. The molecule has 1 aliphatic rings. The van der Waals surface area contributed by atoms with E-state index in [1.807, 2.05) is 13.8 Å². The van der Waals surface area contributed by atoms with Gasteiger partial charge in [-0.05, 0) is 25.7 Å². The molecule has 1 amide bonds. The molecule has 20 heavy (non-hydrogen) atoms. The molecule has 0 radical (unpaired) electrons. The average molecular weight is 309 g/mol. The van der Waals surface area contributed by atoms with Crippen molar-refractivity contribution in [3.63, 3.8) is 0 Å². The minimum absolute atomic E-state index is 0. The highest BCUT2D eigenvalue weighted by Gasteiger charge is 2.20. The van der Waals surface area contributed by atoms with Gasteiger partial charge in [0.25, 0.3) is 0 Å². The van der Waals surface area contributed by atoms with Crippen molar-refractivity contribution < 1.29 is 14.3 Å². The van der Waals surface area contributed by atoms with E-state index in [4.69, 9.17) is 15.2 Å². The standard InChI is InChI=1S/C14H28N2O3.ClH/c1-3-14(15,4-2)11-16-13(17)7-9-18-10-12-6-5-8-19-12;/h12H,3-11,15H2,1-2H3,(H,16,17);1H. The summed E-state index contributed by atoms with van der Waals surface area (Å²) in [5.41, 5.74) is 5.84. The van der Waals surface area contributed by atoms with E-state index in [0.29, 0.717) is 26.2 Å². The summed E-state index contributed by atoms with van der Waals surface area (Å²) in [5, 5.41) is 2.88. The fourth-order valence-electron chi connectivity index (χ4n) is 2.02. The van der Waals surface area contributed by atoms with E-state index in [2.05, 4.69) is 5.32 Å². The Morgan fingerprint density at radius 1 is 1.45 bits per heavy atom. The minimum Gasteiger partial charge on any atom is -0.378 e. The SMILES string of the molecule is CCC(N)(CC)CNC(=O)CCOCC1CCCO1.Cl. The monoisotopic (exact) mass is 308 g/mol. The molecule has 0 aromatic heterocycles. The van der Waals surface area contributed by atoms with Gasteiger partial charge in [0.2, 0.25) is 5.91 Å². The Bertz CT molecular complexity index is 267. The fourth-order valence-corrected chi connectivity index (χ4v) is 2.02. The van der Waals surface area contributed by atoms with E-state index in [9.17, 15) is 4.79 Å². The van der Waals surface area contributed by atoms with Crippen LogP contribution in [0.15, 0.2) is 0 Å². The summed E-state index contributed by atoms with van der Waals surface area (Å²) in [4.78, 5) is 11.6. The Balaban J connectivity index is 0.00000361. The molecule has 1 atom stereocenters. The summed E-state index contributed by atoms with van der Waals surface area (Å²) in [5.74, 6) is 0.00376.